The Hall–Kier alpha value is -2.90. The Labute approximate surface area is 195 Å². The number of carbonyl (C=O) groups is 2. The molecule has 0 bridgehead atoms. The van der Waals surface area contributed by atoms with Gasteiger partial charge in [0.25, 0.3) is 5.91 Å². The molecular weight excluding hydrogens is 420 g/mol. The molecule has 3 atom stereocenters. The van der Waals surface area contributed by atoms with Crippen LogP contribution in [0.5, 0.6) is 0 Å². The molecule has 7 nitrogen and oxygen atoms in total. The van der Waals surface area contributed by atoms with Crippen molar-refractivity contribution in [1.29, 1.82) is 0 Å². The summed E-state index contributed by atoms with van der Waals surface area (Å²) in [5, 5.41) is 9.89. The topological polar surface area (TPSA) is 79.3 Å². The molecule has 2 aromatic carbocycles. The molecule has 2 amide bonds. The lowest BCUT2D eigenvalue weighted by Crippen LogP contribution is -2.47. The van der Waals surface area contributed by atoms with Gasteiger partial charge in [0.15, 0.2) is 0 Å². The van der Waals surface area contributed by atoms with E-state index in [-0.39, 0.29) is 30.6 Å². The number of rotatable bonds is 5. The number of fused-ring (bicyclic) bond motifs is 3. The van der Waals surface area contributed by atoms with Gasteiger partial charge in [0, 0.05) is 25.1 Å². The number of likely N-dealkylation sites (N-methyl/N-ethyl adjacent to an activating group) is 1. The Morgan fingerprint density at radius 2 is 1.82 bits per heavy atom. The van der Waals surface area contributed by atoms with E-state index in [4.69, 9.17) is 9.47 Å². The van der Waals surface area contributed by atoms with Crippen molar-refractivity contribution in [2.75, 3.05) is 33.4 Å². The number of nitrogens with zero attached hydrogens (tertiary/aromatic N) is 2. The molecule has 7 heteroatoms. The molecule has 0 aliphatic carbocycles. The molecule has 0 fully saturated rings. The molecule has 0 unspecified atom stereocenters. The minimum Gasteiger partial charge on any atom is -0.450 e. The predicted octanol–water partition coefficient (Wildman–Crippen LogP) is 3.80. The van der Waals surface area contributed by atoms with Gasteiger partial charge in [-0.15, -0.1) is 0 Å². The number of hydrogen-bond acceptors (Lipinski definition) is 5. The van der Waals surface area contributed by atoms with E-state index in [0.29, 0.717) is 31.9 Å². The van der Waals surface area contributed by atoms with Gasteiger partial charge >= 0.3 is 6.09 Å². The first-order valence-electron chi connectivity index (χ1n) is 11.5. The van der Waals surface area contributed by atoms with Gasteiger partial charge in [0.05, 0.1) is 38.5 Å². The SMILES string of the molecule is CCOC(=O)N(C)C[C@H]1OCc2ccccc2-c2ccccc2C(=O)N([C@H](C)CO)C[C@H]1C. The van der Waals surface area contributed by atoms with Gasteiger partial charge in [0.2, 0.25) is 0 Å². The van der Waals surface area contributed by atoms with Crippen molar-refractivity contribution in [2.45, 2.75) is 39.5 Å². The van der Waals surface area contributed by atoms with Crippen LogP contribution < -0.4 is 0 Å². The van der Waals surface area contributed by atoms with Crippen molar-refractivity contribution in [1.82, 2.24) is 9.80 Å². The van der Waals surface area contributed by atoms with Crippen LogP contribution in [-0.2, 0) is 16.1 Å². The molecule has 1 aliphatic rings. The fourth-order valence-electron chi connectivity index (χ4n) is 4.13. The highest BCUT2D eigenvalue weighted by atomic mass is 16.6. The first-order chi connectivity index (χ1) is 15.9. The third-order valence-corrected chi connectivity index (χ3v) is 6.13. The summed E-state index contributed by atoms with van der Waals surface area (Å²) >= 11 is 0. The van der Waals surface area contributed by atoms with Crippen LogP contribution in [0.3, 0.4) is 0 Å². The standard InChI is InChI=1S/C26H34N2O5/c1-5-32-26(31)27(4)15-24-18(2)14-28(19(3)16-29)25(30)23-13-9-8-12-22(23)21-11-7-6-10-20(21)17-33-24/h6-13,18-19,24,29H,5,14-17H2,1-4H3/t18-,19-,24-/m1/s1. The molecule has 0 saturated heterocycles. The molecule has 0 saturated carbocycles. The molecule has 0 spiro atoms. The van der Waals surface area contributed by atoms with Crippen molar-refractivity contribution in [3.05, 3.63) is 59.7 Å². The molecule has 2 aromatic rings. The summed E-state index contributed by atoms with van der Waals surface area (Å²) in [6.07, 6.45) is -0.748. The minimum atomic E-state index is -0.410. The number of amides is 2. The van der Waals surface area contributed by atoms with Crippen LogP contribution in [0.25, 0.3) is 11.1 Å². The number of aliphatic hydroxyl groups is 1. The molecule has 0 aromatic heterocycles. The Morgan fingerprint density at radius 3 is 2.48 bits per heavy atom. The van der Waals surface area contributed by atoms with Gasteiger partial charge in [-0.1, -0.05) is 49.4 Å². The highest BCUT2D eigenvalue weighted by molar-refractivity contribution is 6.01. The maximum absolute atomic E-state index is 13.7. The van der Waals surface area contributed by atoms with Crippen LogP contribution in [0.2, 0.25) is 0 Å². The summed E-state index contributed by atoms with van der Waals surface area (Å²) in [7, 11) is 1.68. The lowest BCUT2D eigenvalue weighted by molar-refractivity contribution is -0.0227. The Balaban J connectivity index is 2.04. The summed E-state index contributed by atoms with van der Waals surface area (Å²) in [5.41, 5.74) is 3.34. The van der Waals surface area contributed by atoms with Crippen LogP contribution in [0.4, 0.5) is 4.79 Å². The van der Waals surface area contributed by atoms with Gasteiger partial charge in [-0.05, 0) is 36.6 Å². The molecule has 1 aliphatic heterocycles. The van der Waals surface area contributed by atoms with E-state index < -0.39 is 6.09 Å². The summed E-state index contributed by atoms with van der Waals surface area (Å²) < 4.78 is 11.5. The van der Waals surface area contributed by atoms with Crippen LogP contribution in [-0.4, -0.2) is 72.4 Å². The van der Waals surface area contributed by atoms with Crippen LogP contribution >= 0.6 is 0 Å². The number of aliphatic hydroxyl groups excluding tert-OH is 1. The molecular formula is C26H34N2O5. The second-order valence-corrected chi connectivity index (χ2v) is 8.60. The molecule has 0 radical (unpaired) electrons. The number of carbonyl (C=O) groups excluding carboxylic acids is 2. The van der Waals surface area contributed by atoms with E-state index in [1.165, 1.54) is 4.90 Å². The van der Waals surface area contributed by atoms with Gasteiger partial charge in [0.1, 0.15) is 0 Å². The quantitative estimate of drug-likeness (QED) is 0.744. The number of ether oxygens (including phenoxy) is 2. The van der Waals surface area contributed by atoms with E-state index in [1.807, 2.05) is 62.4 Å². The third-order valence-electron chi connectivity index (χ3n) is 6.13. The third kappa shape index (κ3) is 5.72. The molecule has 178 valence electrons. The van der Waals surface area contributed by atoms with E-state index in [0.717, 1.165) is 16.7 Å². The maximum Gasteiger partial charge on any atom is 0.409 e. The van der Waals surface area contributed by atoms with Gasteiger partial charge in [-0.25, -0.2) is 4.79 Å². The summed E-state index contributed by atoms with van der Waals surface area (Å²) in [4.78, 5) is 29.2. The predicted molar refractivity (Wildman–Crippen MR) is 127 cm³/mol. The minimum absolute atomic E-state index is 0.0998. The smallest absolute Gasteiger partial charge is 0.409 e. The lowest BCUT2D eigenvalue weighted by Gasteiger charge is -2.35. The first kappa shape index (κ1) is 24.7. The summed E-state index contributed by atoms with van der Waals surface area (Å²) in [6.45, 7) is 6.81. The normalized spacial score (nSPS) is 19.7. The zero-order valence-corrected chi connectivity index (χ0v) is 19.9. The van der Waals surface area contributed by atoms with Crippen LogP contribution in [0.1, 0.15) is 36.7 Å². The maximum atomic E-state index is 13.7. The van der Waals surface area contributed by atoms with Crippen LogP contribution in [0.15, 0.2) is 48.5 Å². The molecule has 33 heavy (non-hydrogen) atoms. The Bertz CT molecular complexity index is 963. The lowest BCUT2D eigenvalue weighted by atomic mass is 9.94. The monoisotopic (exact) mass is 454 g/mol. The molecule has 1 N–H and O–H groups in total. The Morgan fingerprint density at radius 1 is 1.18 bits per heavy atom. The Kier molecular flexibility index (Phi) is 8.47. The van der Waals surface area contributed by atoms with Crippen molar-refractivity contribution >= 4 is 12.0 Å². The second-order valence-electron chi connectivity index (χ2n) is 8.60. The van der Waals surface area contributed by atoms with Gasteiger partial charge < -0.3 is 24.4 Å². The average molecular weight is 455 g/mol. The van der Waals surface area contributed by atoms with Crippen LogP contribution in [0, 0.1) is 5.92 Å². The average Bonchev–Trinajstić information content (AvgIpc) is 2.85. The van der Waals surface area contributed by atoms with Gasteiger partial charge in [-0.2, -0.15) is 0 Å². The zero-order valence-electron chi connectivity index (χ0n) is 19.9. The first-order valence-corrected chi connectivity index (χ1v) is 11.5. The largest absolute Gasteiger partial charge is 0.450 e. The number of hydrogen-bond donors (Lipinski definition) is 1. The van der Waals surface area contributed by atoms with E-state index in [1.54, 1.807) is 18.9 Å². The van der Waals surface area contributed by atoms with Crippen molar-refractivity contribution in [3.63, 3.8) is 0 Å². The molecule has 3 rings (SSSR count). The highest BCUT2D eigenvalue weighted by Crippen LogP contribution is 2.31. The zero-order chi connectivity index (χ0) is 24.0. The fraction of sp³-hybridized carbons (Fsp3) is 0.462. The molecule has 1 heterocycles. The second kappa shape index (κ2) is 11.3. The van der Waals surface area contributed by atoms with E-state index in [2.05, 4.69) is 0 Å². The highest BCUT2D eigenvalue weighted by Gasteiger charge is 2.31. The van der Waals surface area contributed by atoms with Crippen molar-refractivity contribution < 1.29 is 24.2 Å². The summed E-state index contributed by atoms with van der Waals surface area (Å²) in [5.74, 6) is -0.231. The number of benzene rings is 2. The van der Waals surface area contributed by atoms with Crippen molar-refractivity contribution in [3.8, 4) is 11.1 Å². The van der Waals surface area contributed by atoms with E-state index >= 15 is 0 Å². The van der Waals surface area contributed by atoms with E-state index in [9.17, 15) is 14.7 Å². The van der Waals surface area contributed by atoms with Crippen molar-refractivity contribution in [2.24, 2.45) is 5.92 Å². The fourth-order valence-corrected chi connectivity index (χ4v) is 4.13. The summed E-state index contributed by atoms with van der Waals surface area (Å²) in [6, 6.07) is 15.1. The van der Waals surface area contributed by atoms with Gasteiger partial charge in [-0.3, -0.25) is 4.79 Å².